The van der Waals surface area contributed by atoms with Gasteiger partial charge in [-0.2, -0.15) is 0 Å². The van der Waals surface area contributed by atoms with E-state index >= 15 is 0 Å². The molecular weight excluding hydrogens is 458 g/mol. The first-order valence-corrected chi connectivity index (χ1v) is 8.63. The minimum absolute atomic E-state index is 0.274. The van der Waals surface area contributed by atoms with Crippen molar-refractivity contribution in [1.82, 2.24) is 5.32 Å². The van der Waals surface area contributed by atoms with E-state index in [0.29, 0.717) is 31.8 Å². The number of nitrogen functional groups attached to an aromatic ring is 2. The second kappa shape index (κ2) is 7.75. The van der Waals surface area contributed by atoms with Crippen LogP contribution in [0.3, 0.4) is 0 Å². The Hall–Kier alpha value is -2.26. The van der Waals surface area contributed by atoms with Gasteiger partial charge in [0.1, 0.15) is 11.8 Å². The molecule has 0 bridgehead atoms. The molecule has 1 unspecified atom stereocenters. The van der Waals surface area contributed by atoms with Gasteiger partial charge in [-0.15, -0.1) is 0 Å². The zero-order valence-electron chi connectivity index (χ0n) is 13.0. The van der Waals surface area contributed by atoms with Gasteiger partial charge >= 0.3 is 5.97 Å². The number of rotatable bonds is 5. The molecule has 25 heavy (non-hydrogen) atoms. The number of carbonyl (C=O) groups is 2. The van der Waals surface area contributed by atoms with Crippen molar-refractivity contribution in [2.45, 2.75) is 13.0 Å². The second-order valence-corrected chi connectivity index (χ2v) is 6.90. The van der Waals surface area contributed by atoms with Gasteiger partial charge in [0.15, 0.2) is 5.75 Å². The van der Waals surface area contributed by atoms with Crippen LogP contribution in [-0.4, -0.2) is 23.0 Å². The van der Waals surface area contributed by atoms with Crippen molar-refractivity contribution < 1.29 is 19.4 Å². The summed E-state index contributed by atoms with van der Waals surface area (Å²) in [6.45, 7) is 1.38. The molecule has 0 saturated carbocycles. The Bertz CT molecular complexity index is 819. The summed E-state index contributed by atoms with van der Waals surface area (Å²) in [6, 6.07) is 6.94. The van der Waals surface area contributed by atoms with Gasteiger partial charge in [0.2, 0.25) is 0 Å². The van der Waals surface area contributed by atoms with E-state index in [1.54, 1.807) is 18.2 Å². The highest BCUT2D eigenvalue weighted by Crippen LogP contribution is 2.38. The monoisotopic (exact) mass is 471 g/mol. The normalized spacial score (nSPS) is 11.6. The molecule has 2 rings (SSSR count). The number of anilines is 2. The van der Waals surface area contributed by atoms with E-state index in [9.17, 15) is 9.59 Å². The van der Waals surface area contributed by atoms with Crippen LogP contribution in [0.1, 0.15) is 17.3 Å². The number of hydrogen-bond donors (Lipinski definition) is 4. The van der Waals surface area contributed by atoms with Crippen molar-refractivity contribution >= 4 is 55.1 Å². The molecule has 0 heterocycles. The molecule has 7 nitrogen and oxygen atoms in total. The highest BCUT2D eigenvalue weighted by atomic mass is 79.9. The Kier molecular flexibility index (Phi) is 5.91. The number of benzene rings is 2. The van der Waals surface area contributed by atoms with Crippen LogP contribution in [0, 0.1) is 0 Å². The van der Waals surface area contributed by atoms with Crippen LogP contribution >= 0.6 is 31.9 Å². The maximum absolute atomic E-state index is 12.1. The minimum Gasteiger partial charge on any atom is -0.480 e. The summed E-state index contributed by atoms with van der Waals surface area (Å²) in [6.07, 6.45) is 0. The molecular formula is C16H15Br2N3O4. The molecule has 0 aliphatic heterocycles. The van der Waals surface area contributed by atoms with Gasteiger partial charge in [-0.3, -0.25) is 9.59 Å². The van der Waals surface area contributed by atoms with Crippen molar-refractivity contribution in [2.75, 3.05) is 11.5 Å². The lowest BCUT2D eigenvalue weighted by atomic mass is 10.2. The van der Waals surface area contributed by atoms with Gasteiger partial charge in [-0.05, 0) is 63.0 Å². The Balaban J connectivity index is 2.26. The highest BCUT2D eigenvalue weighted by Gasteiger charge is 2.18. The summed E-state index contributed by atoms with van der Waals surface area (Å²) in [5.74, 6) is -0.719. The molecule has 0 saturated heterocycles. The lowest BCUT2D eigenvalue weighted by Gasteiger charge is -2.14. The Morgan fingerprint density at radius 2 is 1.72 bits per heavy atom. The highest BCUT2D eigenvalue weighted by molar-refractivity contribution is 9.11. The van der Waals surface area contributed by atoms with Crippen LogP contribution in [0.5, 0.6) is 11.5 Å². The smallest absolute Gasteiger partial charge is 0.325 e. The van der Waals surface area contributed by atoms with Crippen LogP contribution in [0.15, 0.2) is 39.3 Å². The van der Waals surface area contributed by atoms with Crippen molar-refractivity contribution in [1.29, 1.82) is 0 Å². The summed E-state index contributed by atoms with van der Waals surface area (Å²) in [5.41, 5.74) is 12.5. The standard InChI is InChI=1S/C16H15Br2N3O4/c1-7(16(23)24)21-15(22)8-4-10(17)14(11(18)5-8)25-9-2-3-12(19)13(20)6-9/h2-7H,19-20H2,1H3,(H,21,22)(H,23,24). The van der Waals surface area contributed by atoms with Gasteiger partial charge < -0.3 is 26.6 Å². The second-order valence-electron chi connectivity index (χ2n) is 5.20. The van der Waals surface area contributed by atoms with E-state index in [1.165, 1.54) is 19.1 Å². The van der Waals surface area contributed by atoms with E-state index < -0.39 is 17.9 Å². The number of carbonyl (C=O) groups excluding carboxylic acids is 1. The fourth-order valence-corrected chi connectivity index (χ4v) is 3.21. The summed E-state index contributed by atoms with van der Waals surface area (Å²) in [5, 5.41) is 11.2. The quantitative estimate of drug-likeness (QED) is 0.494. The first-order chi connectivity index (χ1) is 11.7. The summed E-state index contributed by atoms with van der Waals surface area (Å²) >= 11 is 6.69. The molecule has 0 fully saturated rings. The Labute approximate surface area is 160 Å². The number of hydrogen-bond acceptors (Lipinski definition) is 5. The van der Waals surface area contributed by atoms with E-state index in [-0.39, 0.29) is 5.56 Å². The minimum atomic E-state index is -1.12. The summed E-state index contributed by atoms with van der Waals surface area (Å²) in [7, 11) is 0. The zero-order valence-corrected chi connectivity index (χ0v) is 16.2. The van der Waals surface area contributed by atoms with Crippen LogP contribution in [-0.2, 0) is 4.79 Å². The number of halogens is 2. The number of nitrogens with one attached hydrogen (secondary N) is 1. The topological polar surface area (TPSA) is 128 Å². The third-order valence-electron chi connectivity index (χ3n) is 3.26. The van der Waals surface area contributed by atoms with Gasteiger partial charge in [-0.25, -0.2) is 0 Å². The molecule has 0 radical (unpaired) electrons. The molecule has 2 aromatic rings. The van der Waals surface area contributed by atoms with Gasteiger partial charge in [-0.1, -0.05) is 0 Å². The number of carboxylic acid groups (broad SMARTS) is 1. The molecule has 9 heteroatoms. The number of amides is 1. The predicted octanol–water partition coefficient (Wildman–Crippen LogP) is 3.37. The lowest BCUT2D eigenvalue weighted by Crippen LogP contribution is -2.38. The lowest BCUT2D eigenvalue weighted by molar-refractivity contribution is -0.138. The van der Waals surface area contributed by atoms with Crippen molar-refractivity contribution in [3.63, 3.8) is 0 Å². The number of carboxylic acids is 1. The first-order valence-electron chi connectivity index (χ1n) is 7.04. The molecule has 6 N–H and O–H groups in total. The molecule has 132 valence electrons. The molecule has 0 aromatic heterocycles. The third-order valence-corrected chi connectivity index (χ3v) is 4.43. The zero-order chi connectivity index (χ0) is 18.7. The summed E-state index contributed by atoms with van der Waals surface area (Å²) < 4.78 is 6.78. The fraction of sp³-hybridized carbons (Fsp3) is 0.125. The number of ether oxygens (including phenoxy) is 1. The van der Waals surface area contributed by atoms with Gasteiger partial charge in [0, 0.05) is 11.6 Å². The molecule has 0 aliphatic rings. The average molecular weight is 473 g/mol. The van der Waals surface area contributed by atoms with Crippen molar-refractivity contribution in [3.8, 4) is 11.5 Å². The molecule has 2 aromatic carbocycles. The SMILES string of the molecule is CC(NC(=O)c1cc(Br)c(Oc2ccc(N)c(N)c2)c(Br)c1)C(=O)O. The van der Waals surface area contributed by atoms with E-state index in [1.807, 2.05) is 0 Å². The fourth-order valence-electron chi connectivity index (χ4n) is 1.86. The summed E-state index contributed by atoms with van der Waals surface area (Å²) in [4.78, 5) is 23.0. The third kappa shape index (κ3) is 4.64. The molecule has 1 atom stereocenters. The average Bonchev–Trinajstić information content (AvgIpc) is 2.53. The van der Waals surface area contributed by atoms with Gasteiger partial charge in [0.05, 0.1) is 20.3 Å². The van der Waals surface area contributed by atoms with E-state index in [0.717, 1.165) is 0 Å². The van der Waals surface area contributed by atoms with Crippen molar-refractivity contribution in [2.24, 2.45) is 0 Å². The number of aliphatic carboxylic acids is 1. The molecule has 1 amide bonds. The Morgan fingerprint density at radius 1 is 1.12 bits per heavy atom. The van der Waals surface area contributed by atoms with E-state index in [2.05, 4.69) is 37.2 Å². The first kappa shape index (κ1) is 19.1. The molecule has 0 spiro atoms. The van der Waals surface area contributed by atoms with Crippen LogP contribution < -0.4 is 21.5 Å². The van der Waals surface area contributed by atoms with E-state index in [4.69, 9.17) is 21.3 Å². The van der Waals surface area contributed by atoms with Gasteiger partial charge in [0.25, 0.3) is 5.91 Å². The molecule has 0 aliphatic carbocycles. The van der Waals surface area contributed by atoms with Crippen LogP contribution in [0.4, 0.5) is 11.4 Å². The van der Waals surface area contributed by atoms with Crippen LogP contribution in [0.2, 0.25) is 0 Å². The van der Waals surface area contributed by atoms with Crippen LogP contribution in [0.25, 0.3) is 0 Å². The maximum Gasteiger partial charge on any atom is 0.325 e. The Morgan fingerprint density at radius 3 is 2.24 bits per heavy atom. The largest absolute Gasteiger partial charge is 0.480 e. The van der Waals surface area contributed by atoms with Crippen molar-refractivity contribution in [3.05, 3.63) is 44.8 Å². The maximum atomic E-state index is 12.1. The number of nitrogens with two attached hydrogens (primary N) is 2. The predicted molar refractivity (Wildman–Crippen MR) is 102 cm³/mol.